The Balaban J connectivity index is 0. The first-order valence-corrected chi connectivity index (χ1v) is 4.93. The number of hydrogen-bond donors (Lipinski definition) is 0. The summed E-state index contributed by atoms with van der Waals surface area (Å²) in [7, 11) is 0. The maximum Gasteiger partial charge on any atom is 0.386 e. The van der Waals surface area contributed by atoms with Crippen LogP contribution in [0.2, 0.25) is 0 Å². The van der Waals surface area contributed by atoms with Crippen LogP contribution in [0.5, 0.6) is 0 Å². The van der Waals surface area contributed by atoms with Crippen molar-refractivity contribution in [3.05, 3.63) is 35.9 Å². The smallest absolute Gasteiger partial charge is 0.295 e. The monoisotopic (exact) mass is 234 g/mol. The van der Waals surface area contributed by atoms with Crippen LogP contribution < -0.4 is 0 Å². The molecule has 0 saturated carbocycles. The van der Waals surface area contributed by atoms with E-state index in [4.69, 9.17) is 0 Å². The first-order chi connectivity index (χ1) is 7.30. The standard InChI is InChI=1S/C8H8O.C2H3F3.C2H6/c1-7(9)8-5-3-2-4-6-8;1-2(3,4)5;1-2/h2-6H,1H3;1H3;1-2H3. The maximum atomic E-state index is 10.6. The Hall–Kier alpha value is -1.32. The van der Waals surface area contributed by atoms with Gasteiger partial charge in [0.2, 0.25) is 0 Å². The van der Waals surface area contributed by atoms with Gasteiger partial charge in [0, 0.05) is 12.5 Å². The molecule has 1 aromatic carbocycles. The summed E-state index contributed by atoms with van der Waals surface area (Å²) < 4.78 is 31.1. The van der Waals surface area contributed by atoms with E-state index < -0.39 is 6.18 Å². The lowest BCUT2D eigenvalue weighted by Crippen LogP contribution is -1.95. The van der Waals surface area contributed by atoms with Gasteiger partial charge in [-0.15, -0.1) is 0 Å². The van der Waals surface area contributed by atoms with Gasteiger partial charge in [-0.3, -0.25) is 4.79 Å². The number of rotatable bonds is 1. The molecule has 0 radical (unpaired) electrons. The molecule has 1 aromatic rings. The van der Waals surface area contributed by atoms with Crippen molar-refractivity contribution in [3.63, 3.8) is 0 Å². The van der Waals surface area contributed by atoms with E-state index in [1.807, 2.05) is 44.2 Å². The van der Waals surface area contributed by atoms with E-state index >= 15 is 0 Å². The zero-order chi connectivity index (χ0) is 13.2. The molecule has 0 fully saturated rings. The van der Waals surface area contributed by atoms with Crippen molar-refractivity contribution in [2.24, 2.45) is 0 Å². The first-order valence-electron chi connectivity index (χ1n) is 4.93. The van der Waals surface area contributed by atoms with Crippen LogP contribution in [0.4, 0.5) is 13.2 Å². The third-order valence-corrected chi connectivity index (χ3v) is 1.18. The largest absolute Gasteiger partial charge is 0.386 e. The summed E-state index contributed by atoms with van der Waals surface area (Å²) in [5.74, 6) is 0.121. The molecule has 92 valence electrons. The fraction of sp³-hybridized carbons (Fsp3) is 0.417. The van der Waals surface area contributed by atoms with Gasteiger partial charge in [0.25, 0.3) is 0 Å². The minimum Gasteiger partial charge on any atom is -0.295 e. The Labute approximate surface area is 94.3 Å². The number of carbonyl (C=O) groups excluding carboxylic acids is 1. The van der Waals surface area contributed by atoms with E-state index in [-0.39, 0.29) is 12.7 Å². The van der Waals surface area contributed by atoms with E-state index in [1.165, 1.54) is 0 Å². The summed E-state index contributed by atoms with van der Waals surface area (Å²) in [4.78, 5) is 10.6. The molecular weight excluding hydrogens is 217 g/mol. The van der Waals surface area contributed by atoms with E-state index in [2.05, 4.69) is 0 Å². The molecule has 0 amide bonds. The van der Waals surface area contributed by atoms with Crippen LogP contribution in [0.15, 0.2) is 30.3 Å². The van der Waals surface area contributed by atoms with Crippen molar-refractivity contribution < 1.29 is 18.0 Å². The average Bonchev–Trinajstić information content (AvgIpc) is 2.20. The van der Waals surface area contributed by atoms with E-state index in [0.29, 0.717) is 0 Å². The summed E-state index contributed by atoms with van der Waals surface area (Å²) in [5, 5.41) is 0. The second-order valence-electron chi connectivity index (χ2n) is 2.70. The van der Waals surface area contributed by atoms with Gasteiger partial charge >= 0.3 is 6.18 Å². The van der Waals surface area contributed by atoms with Crippen molar-refractivity contribution >= 4 is 5.78 Å². The minimum atomic E-state index is -4.00. The fourth-order valence-corrected chi connectivity index (χ4v) is 0.673. The Bertz CT molecular complexity index is 272. The highest BCUT2D eigenvalue weighted by atomic mass is 19.4. The van der Waals surface area contributed by atoms with Crippen LogP contribution in [0.1, 0.15) is 38.1 Å². The molecule has 0 aromatic heterocycles. The predicted octanol–water partition coefficient (Wildman–Crippen LogP) is 4.48. The first kappa shape index (κ1) is 17.1. The summed E-state index contributed by atoms with van der Waals surface area (Å²) in [6.45, 7) is 5.75. The molecule has 0 unspecified atom stereocenters. The number of benzene rings is 1. The molecular formula is C12H17F3O. The van der Waals surface area contributed by atoms with Crippen LogP contribution in [0.25, 0.3) is 0 Å². The van der Waals surface area contributed by atoms with Gasteiger partial charge in [0.05, 0.1) is 0 Å². The Morgan fingerprint density at radius 2 is 1.38 bits per heavy atom. The lowest BCUT2D eigenvalue weighted by atomic mass is 10.2. The molecule has 0 aliphatic rings. The number of ketones is 1. The predicted molar refractivity (Wildman–Crippen MR) is 59.5 cm³/mol. The highest BCUT2D eigenvalue weighted by Gasteiger charge is 2.15. The van der Waals surface area contributed by atoms with Crippen molar-refractivity contribution in [1.82, 2.24) is 0 Å². The average molecular weight is 234 g/mol. The number of carbonyl (C=O) groups is 1. The summed E-state index contributed by atoms with van der Waals surface area (Å²) in [6, 6.07) is 9.23. The van der Waals surface area contributed by atoms with Gasteiger partial charge in [0.1, 0.15) is 0 Å². The van der Waals surface area contributed by atoms with Crippen molar-refractivity contribution in [3.8, 4) is 0 Å². The van der Waals surface area contributed by atoms with Crippen molar-refractivity contribution in [2.45, 2.75) is 33.9 Å². The second-order valence-corrected chi connectivity index (χ2v) is 2.70. The minimum absolute atomic E-state index is 0.121. The zero-order valence-corrected chi connectivity index (χ0v) is 9.93. The van der Waals surface area contributed by atoms with Gasteiger partial charge in [-0.1, -0.05) is 44.2 Å². The van der Waals surface area contributed by atoms with E-state index in [1.54, 1.807) is 6.92 Å². The Kier molecular flexibility index (Phi) is 9.55. The Morgan fingerprint density at radius 3 is 1.56 bits per heavy atom. The zero-order valence-electron chi connectivity index (χ0n) is 9.93. The van der Waals surface area contributed by atoms with Crippen LogP contribution >= 0.6 is 0 Å². The van der Waals surface area contributed by atoms with Crippen molar-refractivity contribution in [2.75, 3.05) is 0 Å². The summed E-state index contributed by atoms with van der Waals surface area (Å²) in [5.41, 5.74) is 0.775. The number of Topliss-reactive ketones (excluding diaryl/α,β-unsaturated/α-hetero) is 1. The molecule has 0 N–H and O–H groups in total. The SMILES string of the molecule is CC.CC(=O)c1ccccc1.CC(F)(F)F. The van der Waals surface area contributed by atoms with E-state index in [9.17, 15) is 18.0 Å². The molecule has 0 spiro atoms. The molecule has 0 atom stereocenters. The van der Waals surface area contributed by atoms with Gasteiger partial charge in [0.15, 0.2) is 5.78 Å². The highest BCUT2D eigenvalue weighted by molar-refractivity contribution is 5.93. The summed E-state index contributed by atoms with van der Waals surface area (Å²) in [6.07, 6.45) is -4.00. The Morgan fingerprint density at radius 1 is 1.06 bits per heavy atom. The second kappa shape index (κ2) is 8.95. The number of halogens is 3. The van der Waals surface area contributed by atoms with Crippen LogP contribution in [-0.2, 0) is 0 Å². The van der Waals surface area contributed by atoms with Crippen molar-refractivity contribution in [1.29, 1.82) is 0 Å². The van der Waals surface area contributed by atoms with Gasteiger partial charge in [-0.05, 0) is 6.92 Å². The number of alkyl halides is 3. The molecule has 0 aliphatic heterocycles. The lowest BCUT2D eigenvalue weighted by Gasteiger charge is -1.89. The molecule has 0 heterocycles. The lowest BCUT2D eigenvalue weighted by molar-refractivity contribution is -0.110. The quantitative estimate of drug-likeness (QED) is 0.654. The van der Waals surface area contributed by atoms with Gasteiger partial charge in [-0.2, -0.15) is 13.2 Å². The number of hydrogen-bond acceptors (Lipinski definition) is 1. The molecule has 4 heteroatoms. The summed E-state index contributed by atoms with van der Waals surface area (Å²) >= 11 is 0. The molecule has 16 heavy (non-hydrogen) atoms. The van der Waals surface area contributed by atoms with Crippen LogP contribution in [-0.4, -0.2) is 12.0 Å². The fourth-order valence-electron chi connectivity index (χ4n) is 0.673. The molecule has 0 aliphatic carbocycles. The molecule has 1 rings (SSSR count). The highest BCUT2D eigenvalue weighted by Crippen LogP contribution is 2.10. The normalized spacial score (nSPS) is 9.19. The third-order valence-electron chi connectivity index (χ3n) is 1.18. The van der Waals surface area contributed by atoms with Gasteiger partial charge in [-0.25, -0.2) is 0 Å². The van der Waals surface area contributed by atoms with E-state index in [0.717, 1.165) is 5.56 Å². The molecule has 0 bridgehead atoms. The van der Waals surface area contributed by atoms with Crippen LogP contribution in [0, 0.1) is 0 Å². The maximum absolute atomic E-state index is 10.6. The third kappa shape index (κ3) is 15.2. The molecule has 1 nitrogen and oxygen atoms in total. The van der Waals surface area contributed by atoms with Gasteiger partial charge < -0.3 is 0 Å². The molecule has 0 saturated heterocycles. The van der Waals surface area contributed by atoms with Crippen LogP contribution in [0.3, 0.4) is 0 Å². The topological polar surface area (TPSA) is 17.1 Å².